The van der Waals surface area contributed by atoms with Crippen LogP contribution in [0.1, 0.15) is 0 Å². The van der Waals surface area contributed by atoms with E-state index in [1.165, 1.54) is 12.4 Å². The molecule has 66 valence electrons. The van der Waals surface area contributed by atoms with Gasteiger partial charge in [0.25, 0.3) is 0 Å². The first-order valence-corrected chi connectivity index (χ1v) is 4.08. The maximum atomic E-state index is 13.3. The molecule has 0 unspecified atom stereocenters. The van der Waals surface area contributed by atoms with Gasteiger partial charge in [0.1, 0.15) is 5.82 Å². The third-order valence-electron chi connectivity index (χ3n) is 1.69. The highest BCUT2D eigenvalue weighted by Crippen LogP contribution is 2.17. The van der Waals surface area contributed by atoms with Crippen LogP contribution in [-0.2, 0) is 0 Å². The Kier molecular flexibility index (Phi) is 2.02. The monoisotopic (exact) mass is 196 g/mol. The minimum atomic E-state index is -0.356. The molecule has 0 saturated heterocycles. The van der Waals surface area contributed by atoms with Crippen molar-refractivity contribution in [3.05, 3.63) is 47.8 Å². The van der Waals surface area contributed by atoms with Gasteiger partial charge in [-0.15, -0.1) is 0 Å². The Morgan fingerprint density at radius 2 is 2.23 bits per heavy atom. The summed E-state index contributed by atoms with van der Waals surface area (Å²) in [6.07, 6.45) is 4.80. The van der Waals surface area contributed by atoms with Gasteiger partial charge in [-0.1, -0.05) is 11.6 Å². The average Bonchev–Trinajstić information content (AvgIpc) is 2.56. The van der Waals surface area contributed by atoms with Gasteiger partial charge in [-0.25, -0.2) is 9.37 Å². The number of hydrogen-bond donors (Lipinski definition) is 0. The van der Waals surface area contributed by atoms with Crippen LogP contribution in [0.5, 0.6) is 0 Å². The third-order valence-corrected chi connectivity index (χ3v) is 1.93. The van der Waals surface area contributed by atoms with Crippen molar-refractivity contribution in [1.29, 1.82) is 0 Å². The lowest BCUT2D eigenvalue weighted by Crippen LogP contribution is -1.93. The van der Waals surface area contributed by atoms with Crippen LogP contribution in [-0.4, -0.2) is 9.55 Å². The van der Waals surface area contributed by atoms with Crippen molar-refractivity contribution in [2.24, 2.45) is 0 Å². The quantitative estimate of drug-likeness (QED) is 0.686. The summed E-state index contributed by atoms with van der Waals surface area (Å²) in [6.45, 7) is 0. The third kappa shape index (κ3) is 1.55. The lowest BCUT2D eigenvalue weighted by molar-refractivity contribution is 0.618. The fourth-order valence-electron chi connectivity index (χ4n) is 1.09. The SMILES string of the molecule is Fc1cc(Cl)ccc1-n1ccnc1. The van der Waals surface area contributed by atoms with E-state index in [-0.39, 0.29) is 5.82 Å². The molecule has 0 aliphatic carbocycles. The van der Waals surface area contributed by atoms with Gasteiger partial charge in [0.05, 0.1) is 12.0 Å². The van der Waals surface area contributed by atoms with Crippen LogP contribution in [0.3, 0.4) is 0 Å². The summed E-state index contributed by atoms with van der Waals surface area (Å²) < 4.78 is 14.9. The Morgan fingerprint density at radius 3 is 2.85 bits per heavy atom. The first kappa shape index (κ1) is 8.26. The highest BCUT2D eigenvalue weighted by molar-refractivity contribution is 6.30. The topological polar surface area (TPSA) is 17.8 Å². The summed E-state index contributed by atoms with van der Waals surface area (Å²) in [4.78, 5) is 3.83. The zero-order valence-electron chi connectivity index (χ0n) is 6.61. The van der Waals surface area contributed by atoms with Crippen LogP contribution in [0, 0.1) is 5.82 Å². The molecule has 0 amide bonds. The zero-order chi connectivity index (χ0) is 9.26. The fraction of sp³-hybridized carbons (Fsp3) is 0. The molecule has 0 aliphatic rings. The van der Waals surface area contributed by atoms with E-state index in [0.717, 1.165) is 0 Å². The van der Waals surface area contributed by atoms with Crippen molar-refractivity contribution in [1.82, 2.24) is 9.55 Å². The first-order chi connectivity index (χ1) is 6.27. The molecular weight excluding hydrogens is 191 g/mol. The van der Waals surface area contributed by atoms with Crippen molar-refractivity contribution < 1.29 is 4.39 Å². The van der Waals surface area contributed by atoms with E-state index in [0.29, 0.717) is 10.7 Å². The van der Waals surface area contributed by atoms with Crippen LogP contribution >= 0.6 is 11.6 Å². The van der Waals surface area contributed by atoms with Gasteiger partial charge in [-0.3, -0.25) is 0 Å². The van der Waals surface area contributed by atoms with E-state index in [1.807, 2.05) is 0 Å². The normalized spacial score (nSPS) is 10.3. The van der Waals surface area contributed by atoms with Gasteiger partial charge in [0.15, 0.2) is 0 Å². The van der Waals surface area contributed by atoms with E-state index >= 15 is 0 Å². The predicted octanol–water partition coefficient (Wildman–Crippen LogP) is 2.66. The van der Waals surface area contributed by atoms with Crippen molar-refractivity contribution in [2.75, 3.05) is 0 Å². The molecule has 1 heterocycles. The number of benzene rings is 1. The zero-order valence-corrected chi connectivity index (χ0v) is 7.37. The lowest BCUT2D eigenvalue weighted by Gasteiger charge is -2.02. The molecule has 1 aromatic heterocycles. The molecule has 0 bridgehead atoms. The molecule has 0 saturated carbocycles. The summed E-state index contributed by atoms with van der Waals surface area (Å²) in [6, 6.07) is 4.52. The molecule has 1 aromatic carbocycles. The molecule has 0 fully saturated rings. The van der Waals surface area contributed by atoms with Crippen LogP contribution in [0.25, 0.3) is 5.69 Å². The predicted molar refractivity (Wildman–Crippen MR) is 48.5 cm³/mol. The lowest BCUT2D eigenvalue weighted by atomic mass is 10.3. The molecular formula is C9H6ClFN2. The number of nitrogens with zero attached hydrogens (tertiary/aromatic N) is 2. The minimum absolute atomic E-state index is 0.356. The Morgan fingerprint density at radius 1 is 1.38 bits per heavy atom. The van der Waals surface area contributed by atoms with E-state index in [2.05, 4.69) is 4.98 Å². The number of halogens is 2. The Hall–Kier alpha value is -1.35. The summed E-state index contributed by atoms with van der Waals surface area (Å²) in [5.41, 5.74) is 0.446. The van der Waals surface area contributed by atoms with Crippen LogP contribution in [0.2, 0.25) is 5.02 Å². The van der Waals surface area contributed by atoms with Crippen LogP contribution in [0.4, 0.5) is 4.39 Å². The molecule has 2 rings (SSSR count). The number of aromatic nitrogens is 2. The Labute approximate surface area is 79.6 Å². The molecule has 2 aromatic rings. The molecule has 0 N–H and O–H groups in total. The highest BCUT2D eigenvalue weighted by atomic mass is 35.5. The minimum Gasteiger partial charge on any atom is -0.303 e. The number of hydrogen-bond acceptors (Lipinski definition) is 1. The van der Waals surface area contributed by atoms with Crippen molar-refractivity contribution in [3.63, 3.8) is 0 Å². The summed E-state index contributed by atoms with van der Waals surface area (Å²) in [5.74, 6) is -0.356. The average molecular weight is 197 g/mol. The smallest absolute Gasteiger partial charge is 0.148 e. The molecule has 2 nitrogen and oxygen atoms in total. The van der Waals surface area contributed by atoms with Crippen molar-refractivity contribution in [3.8, 4) is 5.69 Å². The van der Waals surface area contributed by atoms with Gasteiger partial charge in [-0.2, -0.15) is 0 Å². The standard InChI is InChI=1S/C9H6ClFN2/c10-7-1-2-9(8(11)5-7)13-4-3-12-6-13/h1-6H. The second-order valence-electron chi connectivity index (χ2n) is 2.57. The fourth-order valence-corrected chi connectivity index (χ4v) is 1.25. The summed E-state index contributed by atoms with van der Waals surface area (Å²) in [7, 11) is 0. The molecule has 0 radical (unpaired) electrons. The number of rotatable bonds is 1. The second-order valence-corrected chi connectivity index (χ2v) is 3.00. The van der Waals surface area contributed by atoms with Gasteiger partial charge in [0.2, 0.25) is 0 Å². The van der Waals surface area contributed by atoms with E-state index in [1.54, 1.807) is 29.1 Å². The molecule has 0 spiro atoms. The van der Waals surface area contributed by atoms with E-state index < -0.39 is 0 Å². The highest BCUT2D eigenvalue weighted by Gasteiger charge is 2.03. The van der Waals surface area contributed by atoms with Crippen LogP contribution < -0.4 is 0 Å². The second kappa shape index (κ2) is 3.18. The van der Waals surface area contributed by atoms with Gasteiger partial charge < -0.3 is 4.57 Å². The maximum absolute atomic E-state index is 13.3. The van der Waals surface area contributed by atoms with Gasteiger partial charge in [-0.05, 0) is 18.2 Å². The first-order valence-electron chi connectivity index (χ1n) is 3.71. The van der Waals surface area contributed by atoms with E-state index in [4.69, 9.17) is 11.6 Å². The van der Waals surface area contributed by atoms with Gasteiger partial charge >= 0.3 is 0 Å². The van der Waals surface area contributed by atoms with E-state index in [9.17, 15) is 4.39 Å². The molecule has 4 heteroatoms. The maximum Gasteiger partial charge on any atom is 0.148 e. The van der Waals surface area contributed by atoms with Gasteiger partial charge in [0, 0.05) is 17.4 Å². The van der Waals surface area contributed by atoms with Crippen molar-refractivity contribution in [2.45, 2.75) is 0 Å². The molecule has 13 heavy (non-hydrogen) atoms. The number of imidazole rings is 1. The largest absolute Gasteiger partial charge is 0.303 e. The molecule has 0 aliphatic heterocycles. The summed E-state index contributed by atoms with van der Waals surface area (Å²) in [5, 5.41) is 0.390. The summed E-state index contributed by atoms with van der Waals surface area (Å²) >= 11 is 5.61. The Bertz CT molecular complexity index is 412. The van der Waals surface area contributed by atoms with Crippen LogP contribution in [0.15, 0.2) is 36.9 Å². The molecule has 0 atom stereocenters. The van der Waals surface area contributed by atoms with Crippen molar-refractivity contribution >= 4 is 11.6 Å². The Balaban J connectivity index is 2.53.